The van der Waals surface area contributed by atoms with Gasteiger partial charge >= 0.3 is 0 Å². The second kappa shape index (κ2) is 7.86. The minimum atomic E-state index is -0.844. The zero-order valence-electron chi connectivity index (χ0n) is 11.8. The highest BCUT2D eigenvalue weighted by Crippen LogP contribution is 2.28. The SMILES string of the molecule is C=CO[C@@H]1[C@@H](OC(C)C)O[C@@H](C)[C@@H](OC=O)[C@H]1OC=O. The van der Waals surface area contributed by atoms with Crippen LogP contribution in [0.3, 0.4) is 0 Å². The van der Waals surface area contributed by atoms with Gasteiger partial charge in [-0.25, -0.2) is 0 Å². The summed E-state index contributed by atoms with van der Waals surface area (Å²) in [5.41, 5.74) is 0. The Morgan fingerprint density at radius 3 is 2.15 bits per heavy atom. The van der Waals surface area contributed by atoms with Gasteiger partial charge in [-0.3, -0.25) is 9.59 Å². The van der Waals surface area contributed by atoms with Gasteiger partial charge in [-0.2, -0.15) is 0 Å². The van der Waals surface area contributed by atoms with Gasteiger partial charge in [0.1, 0.15) is 0 Å². The lowest BCUT2D eigenvalue weighted by Gasteiger charge is -2.43. The molecule has 1 heterocycles. The van der Waals surface area contributed by atoms with E-state index in [0.717, 1.165) is 0 Å². The maximum atomic E-state index is 10.7. The Morgan fingerprint density at radius 2 is 1.65 bits per heavy atom. The molecule has 1 saturated heterocycles. The molecule has 0 radical (unpaired) electrons. The fourth-order valence-electron chi connectivity index (χ4n) is 2.08. The highest BCUT2D eigenvalue weighted by Gasteiger charge is 2.49. The largest absolute Gasteiger partial charge is 0.489 e. The summed E-state index contributed by atoms with van der Waals surface area (Å²) in [5, 5.41) is 0. The van der Waals surface area contributed by atoms with Crippen molar-refractivity contribution in [1.29, 1.82) is 0 Å². The van der Waals surface area contributed by atoms with Crippen LogP contribution >= 0.6 is 0 Å². The first-order chi connectivity index (χ1) is 9.54. The van der Waals surface area contributed by atoms with Gasteiger partial charge in [0.25, 0.3) is 12.9 Å². The molecule has 0 N–H and O–H groups in total. The number of hydrogen-bond acceptors (Lipinski definition) is 7. The molecule has 1 fully saturated rings. The molecule has 114 valence electrons. The standard InChI is InChI=1S/C13H20O7/c1-5-16-12-11(18-7-15)10(17-6-14)9(4)20-13(12)19-8(2)3/h5-13H,1H2,2-4H3/t9-,10+,11+,12-,13-/m0/s1. The summed E-state index contributed by atoms with van der Waals surface area (Å²) in [6.07, 6.45) is -2.61. The second-order valence-corrected chi connectivity index (χ2v) is 4.56. The monoisotopic (exact) mass is 288 g/mol. The lowest BCUT2D eigenvalue weighted by Crippen LogP contribution is -2.60. The summed E-state index contributed by atoms with van der Waals surface area (Å²) in [6.45, 7) is 9.38. The Bertz CT molecular complexity index is 331. The molecular weight excluding hydrogens is 268 g/mol. The van der Waals surface area contributed by atoms with Gasteiger partial charge in [-0.1, -0.05) is 6.58 Å². The predicted molar refractivity (Wildman–Crippen MR) is 67.5 cm³/mol. The lowest BCUT2D eigenvalue weighted by atomic mass is 9.99. The van der Waals surface area contributed by atoms with Crippen LogP contribution in [0.15, 0.2) is 12.8 Å². The van der Waals surface area contributed by atoms with Gasteiger partial charge in [0, 0.05) is 0 Å². The number of rotatable bonds is 8. The third-order valence-electron chi connectivity index (χ3n) is 2.81. The smallest absolute Gasteiger partial charge is 0.293 e. The van der Waals surface area contributed by atoms with E-state index in [1.165, 1.54) is 6.26 Å². The summed E-state index contributed by atoms with van der Waals surface area (Å²) >= 11 is 0. The van der Waals surface area contributed by atoms with Crippen LogP contribution in [-0.2, 0) is 33.3 Å². The number of hydrogen-bond donors (Lipinski definition) is 0. The molecule has 0 aromatic carbocycles. The Hall–Kier alpha value is -1.60. The molecule has 0 aromatic heterocycles. The van der Waals surface area contributed by atoms with E-state index in [0.29, 0.717) is 0 Å². The van der Waals surface area contributed by atoms with Gasteiger partial charge in [0.15, 0.2) is 24.6 Å². The van der Waals surface area contributed by atoms with E-state index in [1.807, 2.05) is 13.8 Å². The van der Waals surface area contributed by atoms with Gasteiger partial charge in [-0.15, -0.1) is 0 Å². The molecule has 5 atom stereocenters. The summed E-state index contributed by atoms with van der Waals surface area (Å²) in [4.78, 5) is 21.3. The minimum Gasteiger partial charge on any atom is -0.489 e. The molecule has 0 unspecified atom stereocenters. The molecular formula is C13H20O7. The topological polar surface area (TPSA) is 80.3 Å². The van der Waals surface area contributed by atoms with Crippen molar-refractivity contribution in [2.45, 2.75) is 57.6 Å². The maximum Gasteiger partial charge on any atom is 0.293 e. The van der Waals surface area contributed by atoms with Crippen molar-refractivity contribution >= 4 is 12.9 Å². The summed E-state index contributed by atoms with van der Waals surface area (Å²) in [6, 6.07) is 0. The van der Waals surface area contributed by atoms with Crippen molar-refractivity contribution < 1.29 is 33.3 Å². The van der Waals surface area contributed by atoms with Gasteiger partial charge in [0.05, 0.1) is 18.5 Å². The fourth-order valence-corrected chi connectivity index (χ4v) is 2.08. The van der Waals surface area contributed by atoms with Crippen LogP contribution in [-0.4, -0.2) is 49.8 Å². The Labute approximate surface area is 117 Å². The molecule has 1 aliphatic heterocycles. The normalized spacial score (nSPS) is 33.3. The van der Waals surface area contributed by atoms with Gasteiger partial charge < -0.3 is 23.7 Å². The average Bonchev–Trinajstić information content (AvgIpc) is 2.37. The summed E-state index contributed by atoms with van der Waals surface area (Å²) in [7, 11) is 0. The lowest BCUT2D eigenvalue weighted by molar-refractivity contribution is -0.302. The van der Waals surface area contributed by atoms with Crippen molar-refractivity contribution in [1.82, 2.24) is 0 Å². The first-order valence-electron chi connectivity index (χ1n) is 6.30. The van der Waals surface area contributed by atoms with Gasteiger partial charge in [0.2, 0.25) is 0 Å². The van der Waals surface area contributed by atoms with E-state index in [-0.39, 0.29) is 19.0 Å². The van der Waals surface area contributed by atoms with E-state index >= 15 is 0 Å². The number of ether oxygens (including phenoxy) is 5. The van der Waals surface area contributed by atoms with E-state index in [4.69, 9.17) is 23.7 Å². The third kappa shape index (κ3) is 3.94. The van der Waals surface area contributed by atoms with E-state index < -0.39 is 30.7 Å². The van der Waals surface area contributed by atoms with Crippen LogP contribution in [0.4, 0.5) is 0 Å². The van der Waals surface area contributed by atoms with E-state index in [1.54, 1.807) is 6.92 Å². The number of carbonyl (C=O) groups is 2. The van der Waals surface area contributed by atoms with Crippen molar-refractivity contribution in [2.75, 3.05) is 0 Å². The molecule has 20 heavy (non-hydrogen) atoms. The molecule has 7 heteroatoms. The molecule has 0 aliphatic carbocycles. The summed E-state index contributed by atoms with van der Waals surface area (Å²) < 4.78 is 26.5. The maximum absolute atomic E-state index is 10.7. The van der Waals surface area contributed by atoms with E-state index in [9.17, 15) is 9.59 Å². The van der Waals surface area contributed by atoms with Crippen molar-refractivity contribution in [3.8, 4) is 0 Å². The first kappa shape index (κ1) is 16.5. The highest BCUT2D eigenvalue weighted by atomic mass is 16.7. The van der Waals surface area contributed by atoms with Crippen molar-refractivity contribution in [3.05, 3.63) is 12.8 Å². The van der Waals surface area contributed by atoms with Crippen LogP contribution in [0.2, 0.25) is 0 Å². The summed E-state index contributed by atoms with van der Waals surface area (Å²) in [5.74, 6) is 0. The minimum absolute atomic E-state index is 0.122. The van der Waals surface area contributed by atoms with Crippen molar-refractivity contribution in [3.63, 3.8) is 0 Å². The molecule has 1 rings (SSSR count). The molecule has 0 aromatic rings. The van der Waals surface area contributed by atoms with Crippen molar-refractivity contribution in [2.24, 2.45) is 0 Å². The van der Waals surface area contributed by atoms with Crippen LogP contribution in [0.25, 0.3) is 0 Å². The molecule has 1 aliphatic rings. The van der Waals surface area contributed by atoms with Gasteiger partial charge in [-0.05, 0) is 20.8 Å². The van der Waals surface area contributed by atoms with Crippen LogP contribution in [0.5, 0.6) is 0 Å². The second-order valence-electron chi connectivity index (χ2n) is 4.56. The Morgan fingerprint density at radius 1 is 1.05 bits per heavy atom. The first-order valence-corrected chi connectivity index (χ1v) is 6.30. The molecule has 7 nitrogen and oxygen atoms in total. The van der Waals surface area contributed by atoms with Crippen LogP contribution in [0, 0.1) is 0 Å². The quantitative estimate of drug-likeness (QED) is 0.482. The highest BCUT2D eigenvalue weighted by molar-refractivity contribution is 5.40. The van der Waals surface area contributed by atoms with Crippen LogP contribution < -0.4 is 0 Å². The fraction of sp³-hybridized carbons (Fsp3) is 0.692. The zero-order chi connectivity index (χ0) is 15.1. The third-order valence-corrected chi connectivity index (χ3v) is 2.81. The average molecular weight is 288 g/mol. The zero-order valence-corrected chi connectivity index (χ0v) is 11.8. The van der Waals surface area contributed by atoms with Crippen LogP contribution in [0.1, 0.15) is 20.8 Å². The molecule has 0 bridgehead atoms. The Kier molecular flexibility index (Phi) is 6.47. The Balaban J connectivity index is 2.97. The molecule has 0 spiro atoms. The molecule has 0 saturated carbocycles. The molecule has 0 amide bonds. The predicted octanol–water partition coefficient (Wildman–Crippen LogP) is 0.768. The van der Waals surface area contributed by atoms with E-state index in [2.05, 4.69) is 6.58 Å². The number of carbonyl (C=O) groups excluding carboxylic acids is 2.